The predicted molar refractivity (Wildman–Crippen MR) is 398 cm³/mol. The van der Waals surface area contributed by atoms with Gasteiger partial charge in [-0.1, -0.05) is 246 Å². The molecule has 11 fully saturated rings. The maximum absolute atomic E-state index is 2.86. The molecular formula is C90H166. The second kappa shape index (κ2) is 29.1. The Bertz CT molecular complexity index is 2120. The number of hydrogen-bond donors (Lipinski definition) is 0. The molecule has 526 valence electrons. The molecule has 32 atom stereocenters. The van der Waals surface area contributed by atoms with E-state index in [1.54, 1.807) is 116 Å². The second-order valence-corrected chi connectivity index (χ2v) is 41.5. The van der Waals surface area contributed by atoms with Crippen molar-refractivity contribution in [2.75, 3.05) is 0 Å². The molecule has 0 saturated heterocycles. The summed E-state index contributed by atoms with van der Waals surface area (Å²) < 4.78 is 0. The molecule has 0 amide bonds. The van der Waals surface area contributed by atoms with Crippen molar-refractivity contribution < 1.29 is 0 Å². The summed E-state index contributed by atoms with van der Waals surface area (Å²) in [5.74, 6) is 29.6. The van der Waals surface area contributed by atoms with E-state index in [1.807, 2.05) is 0 Å². The maximum atomic E-state index is 2.86. The first-order valence-electron chi connectivity index (χ1n) is 41.3. The summed E-state index contributed by atoms with van der Waals surface area (Å²) in [4.78, 5) is 0. The molecule has 0 aliphatic heterocycles. The molecule has 0 N–H and O–H groups in total. The fourth-order valence-electron chi connectivity index (χ4n) is 32.2. The lowest BCUT2D eigenvalue weighted by atomic mass is 9.51. The maximum Gasteiger partial charge on any atom is -0.0238 e. The van der Waals surface area contributed by atoms with Crippen LogP contribution in [0.25, 0.3) is 0 Å². The van der Waals surface area contributed by atoms with Gasteiger partial charge < -0.3 is 0 Å². The fourth-order valence-corrected chi connectivity index (χ4v) is 32.2. The van der Waals surface area contributed by atoms with Crippen molar-refractivity contribution in [3.8, 4) is 0 Å². The average Bonchev–Trinajstić information content (AvgIpc) is 1.54. The zero-order valence-corrected chi connectivity index (χ0v) is 64.2. The molecule has 0 aromatic carbocycles. The smallest absolute Gasteiger partial charge is 0.0238 e. The van der Waals surface area contributed by atoms with Crippen molar-refractivity contribution in [3.63, 3.8) is 0 Å². The lowest BCUT2D eigenvalue weighted by Crippen LogP contribution is -2.48. The standard InChI is InChI=1S/C50H92.C38H66.2CH4/c1-25(2)39-27(5)29(7)43-35(39)23-37-41(47(13,14)15)31(9)33(11)45(37)50(21,22)44-30(8)28(6)40(26(3)4)36(44)24-38-42(48(16,17)18)32(10)34(12)46(38)49(43,19)20;1-4-7-11-28-15-19-32-24-34-21-20-33(13-8-5-2)38(34)22-9-12-29-16-18-31(37(29)26-38)23-30-17-14-27(10-6-3)35(30)25-36(28)32;;/h25-46H,23-24H2,1-22H3;27-37H,4-26H2,1-3H3;2*1H4/t27-,28-,29+,30+,31+,32+,33-,34-,35-,36-,37+,38+,39-,40-,41+,42+,43+,44+,45-,46-;27-,28+,29+,30-,31+,32+,33-,34-,35-,36+,37+,38-;;/m01../s1. The number of fused-ring (bicyclic) bond motifs is 6. The lowest BCUT2D eigenvalue weighted by molar-refractivity contribution is -0.0614. The van der Waals surface area contributed by atoms with Crippen molar-refractivity contribution in [3.05, 3.63) is 0 Å². The summed E-state index contributed by atoms with van der Waals surface area (Å²) >= 11 is 0. The molecule has 90 heavy (non-hydrogen) atoms. The Kier molecular flexibility index (Phi) is 24.5. The highest BCUT2D eigenvalue weighted by molar-refractivity contribution is 5.16. The Morgan fingerprint density at radius 3 is 1.23 bits per heavy atom. The van der Waals surface area contributed by atoms with Gasteiger partial charge in [0.2, 0.25) is 0 Å². The Hall–Kier alpha value is 0. The summed E-state index contributed by atoms with van der Waals surface area (Å²) in [6.07, 6.45) is 39.2. The Morgan fingerprint density at radius 1 is 0.378 bits per heavy atom. The van der Waals surface area contributed by atoms with Gasteiger partial charge in [0.05, 0.1) is 0 Å². The Balaban J connectivity index is 0.000000235. The van der Waals surface area contributed by atoms with Gasteiger partial charge in [-0.3, -0.25) is 0 Å². The third kappa shape index (κ3) is 13.4. The number of unbranched alkanes of at least 4 members (excludes halogenated alkanes) is 2. The van der Waals surface area contributed by atoms with Crippen molar-refractivity contribution in [2.45, 2.75) is 348 Å². The molecule has 0 aromatic rings. The first kappa shape index (κ1) is 75.8. The van der Waals surface area contributed by atoms with Gasteiger partial charge in [-0.05, 0) is 325 Å². The van der Waals surface area contributed by atoms with Crippen LogP contribution in [0.4, 0.5) is 0 Å². The van der Waals surface area contributed by atoms with E-state index < -0.39 is 0 Å². The SMILES string of the molecule is C.C.CC(C)[C@H]1[C@@H](C)[C@@H](C)[C@@H]2[C@H]1C[C@@H]1[C@H](C(C)(C)C)[C@H](C)[C@H](C)[C@@H]1C(C)(C)[C@@H]1[C@H](C)[C@H](C)[C@H](C(C)C)[C@@H]1C[C@@H]1[C@H](C(C)(C)C)[C@H](C)[C@H](C)[C@@H]1C2(C)C.CCCC[C@H]1CC[C@H]2C[C@H]3CC[C@@H](CCCC)[C@]34CCC[C@H]3CC[C@@H](C[C@H]5CC[C@@H](CCC)[C@H]5C[C@@H]12)[C@H]3C4. The third-order valence-corrected chi connectivity index (χ3v) is 34.7. The van der Waals surface area contributed by atoms with Crippen LogP contribution < -0.4 is 0 Å². The number of rotatable bonds is 10. The minimum Gasteiger partial charge on any atom is -0.0776 e. The molecule has 0 unspecified atom stereocenters. The highest BCUT2D eigenvalue weighted by Gasteiger charge is 2.67. The van der Waals surface area contributed by atoms with E-state index in [9.17, 15) is 0 Å². The fraction of sp³-hybridized carbons (Fsp3) is 1.00. The van der Waals surface area contributed by atoms with E-state index in [2.05, 4.69) is 173 Å². The van der Waals surface area contributed by atoms with Crippen molar-refractivity contribution in [1.82, 2.24) is 0 Å². The van der Waals surface area contributed by atoms with Crippen LogP contribution in [-0.4, -0.2) is 0 Å². The van der Waals surface area contributed by atoms with Crippen LogP contribution in [-0.2, 0) is 0 Å². The topological polar surface area (TPSA) is 0 Å². The molecule has 11 saturated carbocycles. The highest BCUT2D eigenvalue weighted by Crippen LogP contribution is 2.73. The van der Waals surface area contributed by atoms with E-state index in [0.29, 0.717) is 21.7 Å². The van der Waals surface area contributed by atoms with Gasteiger partial charge in [0, 0.05) is 0 Å². The molecule has 0 nitrogen and oxygen atoms in total. The monoisotopic (exact) mass is 1250 g/mol. The molecule has 11 aliphatic rings. The van der Waals surface area contributed by atoms with Gasteiger partial charge in [0.25, 0.3) is 0 Å². The zero-order chi connectivity index (χ0) is 64.2. The minimum absolute atomic E-state index is 0. The molecule has 0 aromatic heterocycles. The Labute approximate surface area is 567 Å². The summed E-state index contributed by atoms with van der Waals surface area (Å²) in [5, 5.41) is 0. The molecule has 11 aliphatic carbocycles. The first-order valence-corrected chi connectivity index (χ1v) is 41.3. The molecular weight excluding hydrogens is 1080 g/mol. The normalized spacial score (nSPS) is 49.6. The van der Waals surface area contributed by atoms with Gasteiger partial charge in [-0.2, -0.15) is 0 Å². The summed E-state index contributed by atoms with van der Waals surface area (Å²) in [6.45, 7) is 66.8. The van der Waals surface area contributed by atoms with Gasteiger partial charge in [0.1, 0.15) is 0 Å². The molecule has 11 rings (SSSR count). The van der Waals surface area contributed by atoms with E-state index in [-0.39, 0.29) is 14.9 Å². The van der Waals surface area contributed by atoms with Crippen molar-refractivity contribution in [2.24, 2.45) is 222 Å². The second-order valence-electron chi connectivity index (χ2n) is 41.5. The minimum atomic E-state index is 0. The van der Waals surface area contributed by atoms with E-state index in [0.717, 1.165) is 201 Å². The Morgan fingerprint density at radius 2 is 0.778 bits per heavy atom. The van der Waals surface area contributed by atoms with Crippen LogP contribution in [0.1, 0.15) is 348 Å². The van der Waals surface area contributed by atoms with E-state index in [4.69, 9.17) is 0 Å². The van der Waals surface area contributed by atoms with Crippen LogP contribution in [0.3, 0.4) is 0 Å². The van der Waals surface area contributed by atoms with Crippen LogP contribution in [0, 0.1) is 222 Å². The first-order chi connectivity index (χ1) is 41.3. The quantitative estimate of drug-likeness (QED) is 0.205. The van der Waals surface area contributed by atoms with Crippen LogP contribution >= 0.6 is 0 Å². The van der Waals surface area contributed by atoms with Gasteiger partial charge in [0.15, 0.2) is 0 Å². The van der Waals surface area contributed by atoms with E-state index in [1.165, 1.54) is 44.9 Å². The van der Waals surface area contributed by atoms with Gasteiger partial charge >= 0.3 is 0 Å². The van der Waals surface area contributed by atoms with Crippen molar-refractivity contribution >= 4 is 0 Å². The van der Waals surface area contributed by atoms with Gasteiger partial charge in [-0.25, -0.2) is 0 Å². The summed E-state index contributed by atoms with van der Waals surface area (Å²) in [6, 6.07) is 0. The van der Waals surface area contributed by atoms with E-state index >= 15 is 0 Å². The zero-order valence-electron chi connectivity index (χ0n) is 64.2. The predicted octanol–water partition coefficient (Wildman–Crippen LogP) is 27.9. The number of hydrogen-bond acceptors (Lipinski definition) is 0. The van der Waals surface area contributed by atoms with Crippen molar-refractivity contribution in [1.29, 1.82) is 0 Å². The molecule has 1 spiro atoms. The molecule has 0 radical (unpaired) electrons. The third-order valence-electron chi connectivity index (χ3n) is 34.7. The average molecular weight is 1250 g/mol. The highest BCUT2D eigenvalue weighted by atomic mass is 14.7. The lowest BCUT2D eigenvalue weighted by Gasteiger charge is -2.54. The molecule has 0 heteroatoms. The van der Waals surface area contributed by atoms with Crippen LogP contribution in [0.15, 0.2) is 0 Å². The van der Waals surface area contributed by atoms with Crippen LogP contribution in [0.2, 0.25) is 0 Å². The van der Waals surface area contributed by atoms with Gasteiger partial charge in [-0.15, -0.1) is 0 Å². The largest absolute Gasteiger partial charge is 0.0776 e. The summed E-state index contributed by atoms with van der Waals surface area (Å²) in [5.41, 5.74) is 2.08. The summed E-state index contributed by atoms with van der Waals surface area (Å²) in [7, 11) is 0. The molecule has 0 heterocycles. The van der Waals surface area contributed by atoms with Crippen LogP contribution in [0.5, 0.6) is 0 Å². The molecule has 2 bridgehead atoms.